The van der Waals surface area contributed by atoms with E-state index in [1.54, 1.807) is 18.3 Å². The molecule has 0 N–H and O–H groups in total. The topological polar surface area (TPSA) is 36.3 Å². The van der Waals surface area contributed by atoms with Crippen LogP contribution in [0.3, 0.4) is 0 Å². The minimum absolute atomic E-state index is 0.282. The Morgan fingerprint density at radius 2 is 2.16 bits per heavy atom. The van der Waals surface area contributed by atoms with Crippen LogP contribution in [0, 0.1) is 0 Å². The molecule has 1 aromatic carbocycles. The number of aromatic nitrogens is 2. The van der Waals surface area contributed by atoms with Crippen LogP contribution in [0.4, 0.5) is 4.39 Å². The van der Waals surface area contributed by atoms with Crippen molar-refractivity contribution in [3.05, 3.63) is 41.6 Å². The van der Waals surface area contributed by atoms with Gasteiger partial charge in [-0.3, -0.25) is 0 Å². The van der Waals surface area contributed by atoms with Crippen molar-refractivity contribution in [2.24, 2.45) is 0 Å². The zero-order chi connectivity index (χ0) is 13.7. The second-order valence-electron chi connectivity index (χ2n) is 3.86. The first-order valence-corrected chi connectivity index (χ1v) is 6.31. The molecule has 0 aliphatic carbocycles. The summed E-state index contributed by atoms with van der Waals surface area (Å²) in [5.74, 6) is 0.972. The molecule has 0 saturated carbocycles. The Labute approximate surface area is 116 Å². The standard InChI is InChI=1S/C13H15FN2O2S/c1-2-10-4-3-5-12(18-9-14)11(10)8-17-13-6-7-16(19)15-13/h3-7,19H,2,8-9H2,1H3. The SMILES string of the molecule is CCc1cccc(OCF)c1COc1ccn(S)n1. The van der Waals surface area contributed by atoms with Gasteiger partial charge in [0, 0.05) is 17.8 Å². The highest BCUT2D eigenvalue weighted by Crippen LogP contribution is 2.24. The van der Waals surface area contributed by atoms with Crippen molar-refractivity contribution < 1.29 is 13.9 Å². The number of benzene rings is 1. The van der Waals surface area contributed by atoms with Gasteiger partial charge in [0.2, 0.25) is 12.7 Å². The Morgan fingerprint density at radius 3 is 2.79 bits per heavy atom. The molecule has 1 heterocycles. The molecule has 0 spiro atoms. The fourth-order valence-electron chi connectivity index (χ4n) is 1.82. The molecule has 0 bridgehead atoms. The lowest BCUT2D eigenvalue weighted by Crippen LogP contribution is -2.04. The highest BCUT2D eigenvalue weighted by atomic mass is 32.1. The lowest BCUT2D eigenvalue weighted by Gasteiger charge is -2.13. The van der Waals surface area contributed by atoms with E-state index in [-0.39, 0.29) is 6.61 Å². The van der Waals surface area contributed by atoms with Crippen LogP contribution in [0.25, 0.3) is 0 Å². The predicted octanol–water partition coefficient (Wildman–Crippen LogP) is 3.02. The normalized spacial score (nSPS) is 10.5. The van der Waals surface area contributed by atoms with E-state index >= 15 is 0 Å². The Hall–Kier alpha value is -1.69. The van der Waals surface area contributed by atoms with Gasteiger partial charge in [-0.05, 0) is 30.9 Å². The van der Waals surface area contributed by atoms with Gasteiger partial charge in [0.25, 0.3) is 0 Å². The average molecular weight is 282 g/mol. The molecule has 1 aromatic heterocycles. The Morgan fingerprint density at radius 1 is 1.32 bits per heavy atom. The smallest absolute Gasteiger partial charge is 0.234 e. The maximum atomic E-state index is 12.4. The van der Waals surface area contributed by atoms with Gasteiger partial charge >= 0.3 is 0 Å². The van der Waals surface area contributed by atoms with Gasteiger partial charge in [-0.1, -0.05) is 19.1 Å². The zero-order valence-corrected chi connectivity index (χ0v) is 11.4. The van der Waals surface area contributed by atoms with Crippen LogP contribution in [0.15, 0.2) is 30.5 Å². The van der Waals surface area contributed by atoms with Crippen molar-refractivity contribution in [3.8, 4) is 11.6 Å². The Bertz CT molecular complexity index is 545. The van der Waals surface area contributed by atoms with Crippen molar-refractivity contribution in [1.82, 2.24) is 9.19 Å². The van der Waals surface area contributed by atoms with Gasteiger partial charge in [0.1, 0.15) is 12.4 Å². The highest BCUT2D eigenvalue weighted by molar-refractivity contribution is 7.78. The number of hydrogen-bond acceptors (Lipinski definition) is 4. The summed E-state index contributed by atoms with van der Waals surface area (Å²) in [5, 5.41) is 4.00. The second-order valence-corrected chi connectivity index (χ2v) is 4.27. The summed E-state index contributed by atoms with van der Waals surface area (Å²) in [4.78, 5) is 0. The van der Waals surface area contributed by atoms with Crippen LogP contribution in [0.5, 0.6) is 11.6 Å². The maximum Gasteiger partial charge on any atom is 0.234 e. The molecule has 6 heteroatoms. The van der Waals surface area contributed by atoms with Crippen LogP contribution < -0.4 is 9.47 Å². The van der Waals surface area contributed by atoms with Gasteiger partial charge in [-0.25, -0.2) is 8.48 Å². The Kier molecular flexibility index (Phi) is 4.68. The molecule has 2 rings (SSSR count). The van der Waals surface area contributed by atoms with Gasteiger partial charge in [-0.2, -0.15) is 0 Å². The van der Waals surface area contributed by atoms with E-state index in [0.29, 0.717) is 11.6 Å². The van der Waals surface area contributed by atoms with Crippen LogP contribution in [0.1, 0.15) is 18.1 Å². The van der Waals surface area contributed by atoms with Gasteiger partial charge in [0.15, 0.2) is 0 Å². The van der Waals surface area contributed by atoms with E-state index in [9.17, 15) is 4.39 Å². The first kappa shape index (κ1) is 13.7. The highest BCUT2D eigenvalue weighted by Gasteiger charge is 2.10. The van der Waals surface area contributed by atoms with E-state index < -0.39 is 6.86 Å². The third kappa shape index (κ3) is 3.41. The van der Waals surface area contributed by atoms with Crippen LogP contribution in [0.2, 0.25) is 0 Å². The largest absolute Gasteiger partial charge is 0.472 e. The number of aryl methyl sites for hydroxylation is 1. The molecule has 0 atom stereocenters. The quantitative estimate of drug-likeness (QED) is 0.827. The minimum atomic E-state index is -0.856. The summed E-state index contributed by atoms with van der Waals surface area (Å²) in [7, 11) is 0. The van der Waals surface area contributed by atoms with E-state index in [1.807, 2.05) is 19.1 Å². The maximum absolute atomic E-state index is 12.4. The summed E-state index contributed by atoms with van der Waals surface area (Å²) in [5.41, 5.74) is 1.91. The summed E-state index contributed by atoms with van der Waals surface area (Å²) in [6.45, 7) is 1.45. The molecule has 0 aliphatic heterocycles. The summed E-state index contributed by atoms with van der Waals surface area (Å²) in [6, 6.07) is 7.25. The van der Waals surface area contributed by atoms with Gasteiger partial charge in [-0.15, -0.1) is 5.10 Å². The number of hydrogen-bond donors (Lipinski definition) is 1. The summed E-state index contributed by atoms with van der Waals surface area (Å²) < 4.78 is 24.3. The van der Waals surface area contributed by atoms with Gasteiger partial charge < -0.3 is 9.47 Å². The molecular weight excluding hydrogens is 267 g/mol. The van der Waals surface area contributed by atoms with E-state index in [1.165, 1.54) is 4.09 Å². The van der Waals surface area contributed by atoms with Crippen molar-refractivity contribution in [2.75, 3.05) is 6.86 Å². The number of rotatable bonds is 6. The van der Waals surface area contributed by atoms with Crippen molar-refractivity contribution in [3.63, 3.8) is 0 Å². The Balaban J connectivity index is 2.17. The lowest BCUT2D eigenvalue weighted by molar-refractivity contribution is 0.185. The second kappa shape index (κ2) is 6.47. The lowest BCUT2D eigenvalue weighted by atomic mass is 10.0. The fraction of sp³-hybridized carbons (Fsp3) is 0.308. The van der Waals surface area contributed by atoms with Crippen molar-refractivity contribution in [1.29, 1.82) is 0 Å². The molecule has 19 heavy (non-hydrogen) atoms. The molecule has 102 valence electrons. The van der Waals surface area contributed by atoms with E-state index in [2.05, 4.69) is 17.9 Å². The third-order valence-electron chi connectivity index (χ3n) is 2.74. The van der Waals surface area contributed by atoms with Crippen molar-refractivity contribution in [2.45, 2.75) is 20.0 Å². The monoisotopic (exact) mass is 282 g/mol. The van der Waals surface area contributed by atoms with E-state index in [4.69, 9.17) is 9.47 Å². The van der Waals surface area contributed by atoms with Crippen molar-refractivity contribution >= 4 is 12.8 Å². The number of thiol groups is 1. The molecular formula is C13H15FN2O2S. The van der Waals surface area contributed by atoms with Crippen LogP contribution in [-0.4, -0.2) is 16.0 Å². The number of ether oxygens (including phenoxy) is 2. The number of halogens is 1. The fourth-order valence-corrected chi connectivity index (χ4v) is 1.98. The zero-order valence-electron chi connectivity index (χ0n) is 10.5. The first-order chi connectivity index (χ1) is 9.24. The molecule has 0 fully saturated rings. The third-order valence-corrected chi connectivity index (χ3v) is 2.96. The van der Waals surface area contributed by atoms with Gasteiger partial charge in [0.05, 0.1) is 0 Å². The van der Waals surface area contributed by atoms with E-state index in [0.717, 1.165) is 17.5 Å². The minimum Gasteiger partial charge on any atom is -0.472 e. The summed E-state index contributed by atoms with van der Waals surface area (Å²) in [6.07, 6.45) is 2.49. The molecule has 0 unspecified atom stereocenters. The molecule has 0 saturated heterocycles. The molecule has 0 amide bonds. The molecule has 0 radical (unpaired) electrons. The molecule has 0 aliphatic rings. The number of nitrogens with zero attached hydrogens (tertiary/aromatic N) is 2. The average Bonchev–Trinajstić information content (AvgIpc) is 2.83. The summed E-state index contributed by atoms with van der Waals surface area (Å²) >= 11 is 4.03. The molecule has 4 nitrogen and oxygen atoms in total. The van der Waals surface area contributed by atoms with Crippen LogP contribution in [-0.2, 0) is 13.0 Å². The molecule has 2 aromatic rings. The van der Waals surface area contributed by atoms with Crippen LogP contribution >= 0.6 is 12.8 Å². The predicted molar refractivity (Wildman–Crippen MR) is 73.4 cm³/mol. The first-order valence-electron chi connectivity index (χ1n) is 5.91. The number of alkyl halides is 1.